The highest BCUT2D eigenvalue weighted by atomic mass is 35.5. The van der Waals surface area contributed by atoms with Gasteiger partial charge in [0, 0.05) is 22.7 Å². The number of amides is 1. The first-order chi connectivity index (χ1) is 14.0. The number of rotatable bonds is 6. The Balaban J connectivity index is 1.50. The quantitative estimate of drug-likeness (QED) is 0.520. The van der Waals surface area contributed by atoms with Gasteiger partial charge in [-0.15, -0.1) is 0 Å². The first kappa shape index (κ1) is 20.8. The molecule has 0 spiro atoms. The third-order valence-electron chi connectivity index (χ3n) is 4.29. The van der Waals surface area contributed by atoms with Gasteiger partial charge in [-0.1, -0.05) is 48.0 Å². The van der Waals surface area contributed by atoms with E-state index in [1.807, 2.05) is 31.2 Å². The molecule has 0 atom stereocenters. The lowest BCUT2D eigenvalue weighted by atomic mass is 10.2. The zero-order chi connectivity index (χ0) is 20.6. The summed E-state index contributed by atoms with van der Waals surface area (Å²) >= 11 is 11.2. The largest absolute Gasteiger partial charge is 0.493 e. The average Bonchev–Trinajstić information content (AvgIpc) is 2.72. The molecule has 148 valence electrons. The number of hydrogen-bond acceptors (Lipinski definition) is 3. The number of anilines is 1. The maximum Gasteiger partial charge on any atom is 0.257 e. The second-order valence-corrected chi connectivity index (χ2v) is 7.32. The van der Waals surface area contributed by atoms with Gasteiger partial charge in [0.15, 0.2) is 5.11 Å². The van der Waals surface area contributed by atoms with E-state index < -0.39 is 0 Å². The highest BCUT2D eigenvalue weighted by Crippen LogP contribution is 2.20. The summed E-state index contributed by atoms with van der Waals surface area (Å²) in [6, 6.07) is 22.6. The molecule has 0 aromatic heterocycles. The van der Waals surface area contributed by atoms with E-state index in [9.17, 15) is 4.79 Å². The van der Waals surface area contributed by atoms with Crippen molar-refractivity contribution in [2.24, 2.45) is 0 Å². The van der Waals surface area contributed by atoms with E-state index in [1.165, 1.54) is 5.56 Å². The standard InChI is InChI=1S/C23H21ClN2O2S/c1-16-7-10-19(24)15-21(16)25-23(29)26-22(27)18-8-11-20(12-9-18)28-14-13-17-5-3-2-4-6-17/h2-12,15H,13-14H2,1H3,(H2,25,26,27,29). The second-order valence-electron chi connectivity index (χ2n) is 6.48. The number of benzene rings is 3. The van der Waals surface area contributed by atoms with Crippen molar-refractivity contribution < 1.29 is 9.53 Å². The molecule has 0 saturated carbocycles. The molecule has 3 aromatic carbocycles. The van der Waals surface area contributed by atoms with Crippen molar-refractivity contribution in [2.45, 2.75) is 13.3 Å². The van der Waals surface area contributed by atoms with Gasteiger partial charge in [0.05, 0.1) is 6.61 Å². The predicted molar refractivity (Wildman–Crippen MR) is 122 cm³/mol. The van der Waals surface area contributed by atoms with Gasteiger partial charge in [0.2, 0.25) is 0 Å². The van der Waals surface area contributed by atoms with E-state index in [0.29, 0.717) is 22.9 Å². The Morgan fingerprint density at radius 1 is 1.03 bits per heavy atom. The molecule has 0 aliphatic heterocycles. The molecular weight excluding hydrogens is 404 g/mol. The van der Waals surface area contributed by atoms with Crippen LogP contribution in [-0.2, 0) is 6.42 Å². The molecular formula is C23H21ClN2O2S. The third kappa shape index (κ3) is 6.31. The fourth-order valence-electron chi connectivity index (χ4n) is 2.69. The topological polar surface area (TPSA) is 50.4 Å². The molecule has 4 nitrogen and oxygen atoms in total. The predicted octanol–water partition coefficient (Wildman–Crippen LogP) is 5.40. The SMILES string of the molecule is Cc1ccc(Cl)cc1NC(=S)NC(=O)c1ccc(OCCc2ccccc2)cc1. The maximum atomic E-state index is 12.4. The number of hydrogen-bond donors (Lipinski definition) is 2. The molecule has 0 saturated heterocycles. The van der Waals surface area contributed by atoms with Gasteiger partial charge >= 0.3 is 0 Å². The van der Waals surface area contributed by atoms with Gasteiger partial charge in [-0.3, -0.25) is 10.1 Å². The van der Waals surface area contributed by atoms with E-state index in [4.69, 9.17) is 28.6 Å². The second kappa shape index (κ2) is 10.0. The number of carbonyl (C=O) groups is 1. The zero-order valence-corrected chi connectivity index (χ0v) is 17.5. The molecule has 6 heteroatoms. The summed E-state index contributed by atoms with van der Waals surface area (Å²) in [6.07, 6.45) is 0.825. The van der Waals surface area contributed by atoms with Crippen molar-refractivity contribution >= 4 is 40.5 Å². The van der Waals surface area contributed by atoms with Gasteiger partial charge in [0.25, 0.3) is 5.91 Å². The number of carbonyl (C=O) groups excluding carboxylic acids is 1. The van der Waals surface area contributed by atoms with Gasteiger partial charge < -0.3 is 10.1 Å². The summed E-state index contributed by atoms with van der Waals surface area (Å²) in [5.74, 6) is 0.422. The average molecular weight is 425 g/mol. The fraction of sp³-hybridized carbons (Fsp3) is 0.130. The van der Waals surface area contributed by atoms with Crippen LogP contribution < -0.4 is 15.4 Å². The molecule has 0 unspecified atom stereocenters. The zero-order valence-electron chi connectivity index (χ0n) is 15.9. The number of halogens is 1. The summed E-state index contributed by atoms with van der Waals surface area (Å²) in [4.78, 5) is 12.4. The molecule has 3 aromatic rings. The smallest absolute Gasteiger partial charge is 0.257 e. The summed E-state index contributed by atoms with van der Waals surface area (Å²) in [5, 5.41) is 6.47. The first-order valence-corrected chi connectivity index (χ1v) is 9.95. The Morgan fingerprint density at radius 3 is 2.48 bits per heavy atom. The van der Waals surface area contributed by atoms with E-state index in [2.05, 4.69) is 22.8 Å². The molecule has 3 rings (SSSR count). The minimum atomic E-state index is -0.294. The van der Waals surface area contributed by atoms with Crippen molar-refractivity contribution in [3.63, 3.8) is 0 Å². The molecule has 0 aliphatic rings. The monoisotopic (exact) mass is 424 g/mol. The molecule has 0 radical (unpaired) electrons. The van der Waals surface area contributed by atoms with Crippen LogP contribution in [0.25, 0.3) is 0 Å². The highest BCUT2D eigenvalue weighted by molar-refractivity contribution is 7.80. The Labute approximate surface area is 180 Å². The Bertz CT molecular complexity index is 992. The molecule has 0 aliphatic carbocycles. The Morgan fingerprint density at radius 2 is 1.76 bits per heavy atom. The lowest BCUT2D eigenvalue weighted by molar-refractivity contribution is 0.0977. The van der Waals surface area contributed by atoms with E-state index in [1.54, 1.807) is 36.4 Å². The summed E-state index contributed by atoms with van der Waals surface area (Å²) in [5.41, 5.74) is 3.44. The van der Waals surface area contributed by atoms with Gasteiger partial charge in [-0.2, -0.15) is 0 Å². The Kier molecular flexibility index (Phi) is 7.22. The fourth-order valence-corrected chi connectivity index (χ4v) is 3.07. The highest BCUT2D eigenvalue weighted by Gasteiger charge is 2.09. The lowest BCUT2D eigenvalue weighted by Gasteiger charge is -2.12. The van der Waals surface area contributed by atoms with Crippen LogP contribution in [-0.4, -0.2) is 17.6 Å². The molecule has 0 heterocycles. The number of ether oxygens (including phenoxy) is 1. The van der Waals surface area contributed by atoms with Crippen molar-refractivity contribution in [3.05, 3.63) is 94.5 Å². The van der Waals surface area contributed by atoms with E-state index in [0.717, 1.165) is 17.7 Å². The van der Waals surface area contributed by atoms with Crippen molar-refractivity contribution in [1.82, 2.24) is 5.32 Å². The van der Waals surface area contributed by atoms with Crippen molar-refractivity contribution in [1.29, 1.82) is 0 Å². The molecule has 0 bridgehead atoms. The minimum Gasteiger partial charge on any atom is -0.493 e. The van der Waals surface area contributed by atoms with Crippen LogP contribution >= 0.6 is 23.8 Å². The minimum absolute atomic E-state index is 0.212. The van der Waals surface area contributed by atoms with Crippen molar-refractivity contribution in [3.8, 4) is 5.75 Å². The summed E-state index contributed by atoms with van der Waals surface area (Å²) in [6.45, 7) is 2.50. The van der Waals surface area contributed by atoms with Crippen LogP contribution in [0.15, 0.2) is 72.8 Å². The molecule has 29 heavy (non-hydrogen) atoms. The molecule has 0 fully saturated rings. The van der Waals surface area contributed by atoms with Crippen LogP contribution in [0.4, 0.5) is 5.69 Å². The third-order valence-corrected chi connectivity index (χ3v) is 4.73. The van der Waals surface area contributed by atoms with E-state index >= 15 is 0 Å². The van der Waals surface area contributed by atoms with Crippen LogP contribution in [0.3, 0.4) is 0 Å². The van der Waals surface area contributed by atoms with Gasteiger partial charge in [-0.05, 0) is 66.7 Å². The van der Waals surface area contributed by atoms with Gasteiger partial charge in [0.1, 0.15) is 5.75 Å². The number of thiocarbonyl (C=S) groups is 1. The van der Waals surface area contributed by atoms with Crippen LogP contribution in [0, 0.1) is 6.92 Å². The van der Waals surface area contributed by atoms with Gasteiger partial charge in [-0.25, -0.2) is 0 Å². The number of nitrogens with one attached hydrogen (secondary N) is 2. The molecule has 2 N–H and O–H groups in total. The van der Waals surface area contributed by atoms with Crippen LogP contribution in [0.1, 0.15) is 21.5 Å². The Hall–Kier alpha value is -2.89. The van der Waals surface area contributed by atoms with Crippen LogP contribution in [0.5, 0.6) is 5.75 Å². The van der Waals surface area contributed by atoms with Crippen LogP contribution in [0.2, 0.25) is 5.02 Å². The first-order valence-electron chi connectivity index (χ1n) is 9.16. The summed E-state index contributed by atoms with van der Waals surface area (Å²) < 4.78 is 5.75. The number of aryl methyl sites for hydroxylation is 1. The molecule has 1 amide bonds. The van der Waals surface area contributed by atoms with E-state index in [-0.39, 0.29) is 11.0 Å². The lowest BCUT2D eigenvalue weighted by Crippen LogP contribution is -2.34. The van der Waals surface area contributed by atoms with Crippen molar-refractivity contribution in [2.75, 3.05) is 11.9 Å². The summed E-state index contributed by atoms with van der Waals surface area (Å²) in [7, 11) is 0. The normalized spacial score (nSPS) is 10.3. The maximum absolute atomic E-state index is 12.4.